The molecule has 1 amide bonds. The number of halogens is 1. The van der Waals surface area contributed by atoms with Crippen molar-refractivity contribution in [2.45, 2.75) is 44.5 Å². The third-order valence-corrected chi connectivity index (χ3v) is 5.03. The lowest BCUT2D eigenvalue weighted by Gasteiger charge is -2.33. The van der Waals surface area contributed by atoms with E-state index < -0.39 is 12.4 Å². The molecule has 4 nitrogen and oxygen atoms in total. The second-order valence-electron chi connectivity index (χ2n) is 6.33. The van der Waals surface area contributed by atoms with Gasteiger partial charge >= 0.3 is 0 Å². The first kappa shape index (κ1) is 13.3. The number of fused-ring (bicyclic) bond motifs is 1. The number of hydrogen-bond donors (Lipinski definition) is 1. The van der Waals surface area contributed by atoms with Crippen LogP contribution in [0.4, 0.5) is 4.39 Å². The predicted molar refractivity (Wildman–Crippen MR) is 69.1 cm³/mol. The topological polar surface area (TPSA) is 43.8 Å². The fourth-order valence-electron chi connectivity index (χ4n) is 3.84. The van der Waals surface area contributed by atoms with E-state index in [1.54, 1.807) is 4.90 Å². The molecule has 3 aliphatic rings. The molecule has 1 saturated carbocycles. The molecule has 1 N–H and O–H groups in total. The molecule has 2 heterocycles. The third kappa shape index (κ3) is 2.77. The van der Waals surface area contributed by atoms with E-state index in [1.807, 2.05) is 4.90 Å². The highest BCUT2D eigenvalue weighted by molar-refractivity contribution is 5.78. The number of amides is 1. The molecule has 3 rings (SSSR count). The Labute approximate surface area is 113 Å². The van der Waals surface area contributed by atoms with Crippen molar-refractivity contribution in [3.63, 3.8) is 0 Å². The first-order chi connectivity index (χ1) is 9.13. The lowest BCUT2D eigenvalue weighted by Crippen LogP contribution is -2.47. The van der Waals surface area contributed by atoms with Gasteiger partial charge in [0.1, 0.15) is 0 Å². The van der Waals surface area contributed by atoms with Gasteiger partial charge in [-0.25, -0.2) is 4.39 Å². The zero-order valence-corrected chi connectivity index (χ0v) is 11.3. The van der Waals surface area contributed by atoms with Crippen molar-refractivity contribution >= 4 is 5.91 Å². The standard InChI is InChI=1S/C14H23FN2O2/c15-13-6-12(18)4-5-16(13)9-14(19)17-7-10-2-1-3-11(10)8-17/h10-13,18H,1-9H2. The molecule has 108 valence electrons. The first-order valence-corrected chi connectivity index (χ1v) is 7.47. The van der Waals surface area contributed by atoms with Gasteiger partial charge < -0.3 is 10.0 Å². The van der Waals surface area contributed by atoms with Crippen LogP contribution in [-0.4, -0.2) is 59.4 Å². The van der Waals surface area contributed by atoms with Crippen molar-refractivity contribution in [3.05, 3.63) is 0 Å². The van der Waals surface area contributed by atoms with Gasteiger partial charge in [-0.05, 0) is 31.1 Å². The Morgan fingerprint density at radius 2 is 1.89 bits per heavy atom. The van der Waals surface area contributed by atoms with Gasteiger partial charge in [-0.3, -0.25) is 9.69 Å². The minimum absolute atomic E-state index is 0.0634. The van der Waals surface area contributed by atoms with Gasteiger partial charge in [-0.1, -0.05) is 6.42 Å². The highest BCUT2D eigenvalue weighted by atomic mass is 19.1. The number of carbonyl (C=O) groups excluding carboxylic acids is 1. The SMILES string of the molecule is O=C(CN1CCC(O)CC1F)N1CC2CCCC2C1. The quantitative estimate of drug-likeness (QED) is 0.761. The summed E-state index contributed by atoms with van der Waals surface area (Å²) in [6.07, 6.45) is 2.78. The number of piperidine rings is 1. The maximum Gasteiger partial charge on any atom is 0.236 e. The molecule has 0 spiro atoms. The van der Waals surface area contributed by atoms with Crippen LogP contribution >= 0.6 is 0 Å². The average molecular weight is 270 g/mol. The van der Waals surface area contributed by atoms with E-state index in [-0.39, 0.29) is 18.9 Å². The van der Waals surface area contributed by atoms with E-state index in [0.717, 1.165) is 13.1 Å². The van der Waals surface area contributed by atoms with Gasteiger partial charge in [0.25, 0.3) is 0 Å². The fraction of sp³-hybridized carbons (Fsp3) is 0.929. The summed E-state index contributed by atoms with van der Waals surface area (Å²) in [7, 11) is 0. The molecule has 0 aromatic carbocycles. The zero-order valence-electron chi connectivity index (χ0n) is 11.3. The van der Waals surface area contributed by atoms with Crippen LogP contribution in [0.15, 0.2) is 0 Å². The molecule has 5 heteroatoms. The van der Waals surface area contributed by atoms with Crippen LogP contribution in [0.25, 0.3) is 0 Å². The largest absolute Gasteiger partial charge is 0.393 e. The summed E-state index contributed by atoms with van der Waals surface area (Å²) in [5.41, 5.74) is 0. The first-order valence-electron chi connectivity index (χ1n) is 7.47. The predicted octanol–water partition coefficient (Wildman–Crippen LogP) is 0.997. The van der Waals surface area contributed by atoms with Gasteiger partial charge in [-0.15, -0.1) is 0 Å². The Hall–Kier alpha value is -0.680. The van der Waals surface area contributed by atoms with Crippen LogP contribution in [0.2, 0.25) is 0 Å². The maximum atomic E-state index is 13.8. The van der Waals surface area contributed by atoms with E-state index in [1.165, 1.54) is 19.3 Å². The summed E-state index contributed by atoms with van der Waals surface area (Å²) in [4.78, 5) is 15.7. The number of carbonyl (C=O) groups is 1. The molecule has 4 atom stereocenters. The Balaban J connectivity index is 1.51. The van der Waals surface area contributed by atoms with Crippen LogP contribution in [0.1, 0.15) is 32.1 Å². The summed E-state index contributed by atoms with van der Waals surface area (Å²) in [5.74, 6) is 1.44. The molecule has 2 aliphatic heterocycles. The van der Waals surface area contributed by atoms with Crippen LogP contribution in [-0.2, 0) is 4.79 Å². The van der Waals surface area contributed by atoms with Crippen molar-refractivity contribution in [2.75, 3.05) is 26.2 Å². The molecule has 0 aromatic heterocycles. The van der Waals surface area contributed by atoms with Crippen LogP contribution in [0.5, 0.6) is 0 Å². The average Bonchev–Trinajstić information content (AvgIpc) is 2.93. The van der Waals surface area contributed by atoms with Gasteiger partial charge in [0, 0.05) is 26.1 Å². The van der Waals surface area contributed by atoms with Gasteiger partial charge in [0.15, 0.2) is 6.30 Å². The summed E-state index contributed by atoms with van der Waals surface area (Å²) in [6.45, 7) is 2.40. The van der Waals surface area contributed by atoms with E-state index in [4.69, 9.17) is 0 Å². The van der Waals surface area contributed by atoms with E-state index in [0.29, 0.717) is 24.8 Å². The maximum absolute atomic E-state index is 13.8. The number of hydrogen-bond acceptors (Lipinski definition) is 3. The van der Waals surface area contributed by atoms with E-state index in [9.17, 15) is 14.3 Å². The van der Waals surface area contributed by atoms with Crippen LogP contribution in [0, 0.1) is 11.8 Å². The Bertz CT molecular complexity index is 340. The smallest absolute Gasteiger partial charge is 0.236 e. The summed E-state index contributed by atoms with van der Waals surface area (Å²) < 4.78 is 13.8. The molecular weight excluding hydrogens is 247 g/mol. The van der Waals surface area contributed by atoms with E-state index >= 15 is 0 Å². The Kier molecular flexibility index (Phi) is 3.76. The molecule has 4 unspecified atom stereocenters. The molecule has 0 aromatic rings. The molecule has 1 aliphatic carbocycles. The number of alkyl halides is 1. The Morgan fingerprint density at radius 1 is 1.21 bits per heavy atom. The van der Waals surface area contributed by atoms with Crippen LogP contribution in [0.3, 0.4) is 0 Å². The zero-order chi connectivity index (χ0) is 13.4. The lowest BCUT2D eigenvalue weighted by molar-refractivity contribution is -0.135. The number of rotatable bonds is 2. The number of aliphatic hydroxyl groups is 1. The molecule has 0 radical (unpaired) electrons. The van der Waals surface area contributed by atoms with E-state index in [2.05, 4.69) is 0 Å². The normalized spacial score (nSPS) is 39.6. The lowest BCUT2D eigenvalue weighted by atomic mass is 10.0. The van der Waals surface area contributed by atoms with Gasteiger partial charge in [0.05, 0.1) is 12.6 Å². The van der Waals surface area contributed by atoms with Crippen LogP contribution < -0.4 is 0 Å². The van der Waals surface area contributed by atoms with Gasteiger partial charge in [-0.2, -0.15) is 0 Å². The molecule has 2 saturated heterocycles. The number of nitrogens with zero attached hydrogens (tertiary/aromatic N) is 2. The minimum atomic E-state index is -1.17. The van der Waals surface area contributed by atoms with Crippen molar-refractivity contribution in [2.24, 2.45) is 11.8 Å². The summed E-state index contributed by atoms with van der Waals surface area (Å²) in [6, 6.07) is 0. The number of aliphatic hydroxyl groups excluding tert-OH is 1. The minimum Gasteiger partial charge on any atom is -0.393 e. The molecule has 0 bridgehead atoms. The third-order valence-electron chi connectivity index (χ3n) is 5.03. The van der Waals surface area contributed by atoms with Gasteiger partial charge in [0.2, 0.25) is 5.91 Å². The molecular formula is C14H23FN2O2. The van der Waals surface area contributed by atoms with Crippen molar-refractivity contribution in [1.29, 1.82) is 0 Å². The second-order valence-corrected chi connectivity index (χ2v) is 6.33. The Morgan fingerprint density at radius 3 is 2.53 bits per heavy atom. The number of likely N-dealkylation sites (tertiary alicyclic amines) is 2. The van der Waals surface area contributed by atoms with Crippen molar-refractivity contribution in [1.82, 2.24) is 9.80 Å². The van der Waals surface area contributed by atoms with Crippen molar-refractivity contribution < 1.29 is 14.3 Å². The highest BCUT2D eigenvalue weighted by Gasteiger charge is 2.39. The molecule has 3 fully saturated rings. The van der Waals surface area contributed by atoms with Crippen molar-refractivity contribution in [3.8, 4) is 0 Å². The highest BCUT2D eigenvalue weighted by Crippen LogP contribution is 2.37. The second kappa shape index (κ2) is 5.37. The monoisotopic (exact) mass is 270 g/mol. The fourth-order valence-corrected chi connectivity index (χ4v) is 3.84. The summed E-state index contributed by atoms with van der Waals surface area (Å²) in [5, 5.41) is 9.39. The summed E-state index contributed by atoms with van der Waals surface area (Å²) >= 11 is 0. The molecule has 19 heavy (non-hydrogen) atoms.